The Labute approximate surface area is 318 Å². The second kappa shape index (κ2) is 20.8. The molecule has 13 nitrogen and oxygen atoms in total. The number of benzene rings is 3. The third-order valence-electron chi connectivity index (χ3n) is 9.63. The van der Waals surface area contributed by atoms with E-state index < -0.39 is 60.2 Å². The molecule has 3 aromatic carbocycles. The van der Waals surface area contributed by atoms with Crippen molar-refractivity contribution in [2.75, 3.05) is 26.2 Å². The molecule has 8 N–H and O–H groups in total. The fourth-order valence-corrected chi connectivity index (χ4v) is 6.51. The number of amidine groups is 1. The Morgan fingerprint density at radius 1 is 0.759 bits per heavy atom. The fourth-order valence-electron chi connectivity index (χ4n) is 6.51. The number of hydrogen-bond donors (Lipinski definition) is 6. The van der Waals surface area contributed by atoms with Crippen LogP contribution < -0.4 is 32.7 Å². The highest BCUT2D eigenvalue weighted by Crippen LogP contribution is 2.18. The van der Waals surface area contributed by atoms with Crippen LogP contribution in [-0.4, -0.2) is 90.6 Å². The van der Waals surface area contributed by atoms with E-state index in [0.29, 0.717) is 31.8 Å². The van der Waals surface area contributed by atoms with Gasteiger partial charge < -0.3 is 37.6 Å². The van der Waals surface area contributed by atoms with E-state index in [1.807, 2.05) is 73.7 Å². The molecule has 1 fully saturated rings. The summed E-state index contributed by atoms with van der Waals surface area (Å²) in [6, 6.07) is 17.1. The molecular weight excluding hydrogens is 685 g/mol. The molecule has 4 atom stereocenters. The van der Waals surface area contributed by atoms with Gasteiger partial charge in [-0.3, -0.25) is 29.0 Å². The molecule has 0 radical (unpaired) electrons. The molecule has 0 bridgehead atoms. The third kappa shape index (κ3) is 12.7. The molecule has 0 spiro atoms. The van der Waals surface area contributed by atoms with Crippen LogP contribution >= 0.6 is 0 Å². The third-order valence-corrected chi connectivity index (χ3v) is 9.63. The average molecular weight is 741 g/mol. The number of fused-ring (bicyclic) bond motifs is 1. The lowest BCUT2D eigenvalue weighted by Gasteiger charge is -2.33. The molecule has 1 aliphatic rings. The highest BCUT2D eigenvalue weighted by atomic mass is 16.2. The zero-order valence-electron chi connectivity index (χ0n) is 31.7. The molecule has 54 heavy (non-hydrogen) atoms. The van der Waals surface area contributed by atoms with Gasteiger partial charge in [-0.1, -0.05) is 85.1 Å². The standard InChI is InChI=1S/C41H56N8O5/c1-27-14-16-30(17-15-27)24-36-41(54)49(22-9-5-4-8-20-42)28(2)38(51)47-34(13-10-21-44-29(3)43)40(53)48-35(39(52)45-26-37(50)46-36)25-31-18-19-32-11-6-7-12-33(32)23-31/h6-7,11-12,14-19,23,28,34-36H,4-5,8-10,13,20-22,24-26,42H2,1-3H3,(H2,43,44)(H,45,52)(H,46,50)(H,47,51)(H,48,53)/t28-,34+,35+,36-/m1/s1. The molecule has 1 saturated heterocycles. The van der Waals surface area contributed by atoms with Gasteiger partial charge in [0.05, 0.1) is 12.4 Å². The lowest BCUT2D eigenvalue weighted by atomic mass is 10.0. The largest absolute Gasteiger partial charge is 0.388 e. The molecule has 1 heterocycles. The highest BCUT2D eigenvalue weighted by Gasteiger charge is 2.35. The number of unbranched alkanes of at least 4 members (excludes halogenated alkanes) is 3. The summed E-state index contributed by atoms with van der Waals surface area (Å²) in [5.41, 5.74) is 14.1. The Hall–Kier alpha value is -5.30. The van der Waals surface area contributed by atoms with Crippen molar-refractivity contribution in [1.29, 1.82) is 0 Å². The number of aryl methyl sites for hydroxylation is 1. The first-order valence-electron chi connectivity index (χ1n) is 18.9. The van der Waals surface area contributed by atoms with E-state index >= 15 is 0 Å². The molecule has 1 aliphatic heterocycles. The van der Waals surface area contributed by atoms with E-state index in [4.69, 9.17) is 11.5 Å². The number of carbonyl (C=O) groups is 5. The quantitative estimate of drug-likeness (QED) is 0.0828. The van der Waals surface area contributed by atoms with Crippen LogP contribution in [0.5, 0.6) is 0 Å². The minimum absolute atomic E-state index is 0.129. The maximum Gasteiger partial charge on any atom is 0.246 e. The van der Waals surface area contributed by atoms with Gasteiger partial charge in [0.25, 0.3) is 0 Å². The van der Waals surface area contributed by atoms with E-state index in [1.54, 1.807) is 13.8 Å². The SMILES string of the molecule is CC(N)=NCCC[C@@H]1NC(=O)[C@@H](C)N(CCCCCCN)C(=O)[C@@H](Cc2ccc(C)cc2)NC(=O)CNC(=O)[C@H](Cc2ccc3ccccc3c2)NC1=O. The predicted octanol–water partition coefficient (Wildman–Crippen LogP) is 2.41. The van der Waals surface area contributed by atoms with Gasteiger partial charge in [-0.2, -0.15) is 0 Å². The van der Waals surface area contributed by atoms with Crippen molar-refractivity contribution in [3.8, 4) is 0 Å². The van der Waals surface area contributed by atoms with E-state index in [2.05, 4.69) is 26.3 Å². The molecule has 5 amide bonds. The molecule has 13 heteroatoms. The van der Waals surface area contributed by atoms with Crippen LogP contribution in [-0.2, 0) is 36.8 Å². The second-order valence-corrected chi connectivity index (χ2v) is 14.1. The van der Waals surface area contributed by atoms with Gasteiger partial charge in [-0.25, -0.2) is 0 Å². The van der Waals surface area contributed by atoms with Crippen molar-refractivity contribution < 1.29 is 24.0 Å². The van der Waals surface area contributed by atoms with Crippen molar-refractivity contribution in [3.05, 3.63) is 83.4 Å². The maximum atomic E-state index is 14.4. The Morgan fingerprint density at radius 3 is 2.15 bits per heavy atom. The zero-order valence-corrected chi connectivity index (χ0v) is 31.7. The molecule has 0 aromatic heterocycles. The van der Waals surface area contributed by atoms with E-state index in [9.17, 15) is 24.0 Å². The molecule has 0 aliphatic carbocycles. The summed E-state index contributed by atoms with van der Waals surface area (Å²) in [6.07, 6.45) is 4.04. The van der Waals surface area contributed by atoms with Crippen molar-refractivity contribution >= 4 is 46.1 Å². The lowest BCUT2D eigenvalue weighted by Crippen LogP contribution is -2.58. The van der Waals surface area contributed by atoms with Crippen LogP contribution in [0.2, 0.25) is 0 Å². The van der Waals surface area contributed by atoms with Crippen LogP contribution in [0.25, 0.3) is 10.8 Å². The lowest BCUT2D eigenvalue weighted by molar-refractivity contribution is -0.143. The van der Waals surface area contributed by atoms with Crippen LogP contribution in [0.3, 0.4) is 0 Å². The van der Waals surface area contributed by atoms with Gasteiger partial charge in [-0.05, 0) is 74.9 Å². The van der Waals surface area contributed by atoms with Gasteiger partial charge in [0.15, 0.2) is 0 Å². The Kier molecular flexibility index (Phi) is 16.0. The van der Waals surface area contributed by atoms with E-state index in [0.717, 1.165) is 46.7 Å². The van der Waals surface area contributed by atoms with Crippen molar-refractivity contribution in [3.63, 3.8) is 0 Å². The second-order valence-electron chi connectivity index (χ2n) is 14.1. The first kappa shape index (κ1) is 41.5. The van der Waals surface area contributed by atoms with Crippen LogP contribution in [0.15, 0.2) is 71.7 Å². The maximum absolute atomic E-state index is 14.4. The number of aliphatic imine (C=N–C) groups is 1. The summed E-state index contributed by atoms with van der Waals surface area (Å²) in [5, 5.41) is 13.3. The van der Waals surface area contributed by atoms with E-state index in [1.165, 1.54) is 4.90 Å². The van der Waals surface area contributed by atoms with Gasteiger partial charge >= 0.3 is 0 Å². The number of nitrogens with two attached hydrogens (primary N) is 2. The number of nitrogens with one attached hydrogen (secondary N) is 4. The number of amides is 5. The molecule has 4 rings (SSSR count). The predicted molar refractivity (Wildman–Crippen MR) is 211 cm³/mol. The first-order valence-corrected chi connectivity index (χ1v) is 18.9. The van der Waals surface area contributed by atoms with Crippen molar-refractivity contribution in [1.82, 2.24) is 26.2 Å². The average Bonchev–Trinajstić information content (AvgIpc) is 3.15. The number of hydrogen-bond acceptors (Lipinski definition) is 7. The topological polar surface area (TPSA) is 201 Å². The Balaban J connectivity index is 1.69. The Morgan fingerprint density at radius 2 is 1.43 bits per heavy atom. The van der Waals surface area contributed by atoms with E-state index in [-0.39, 0.29) is 25.8 Å². The molecule has 3 aromatic rings. The Bertz CT molecular complexity index is 1770. The van der Waals surface area contributed by atoms with Crippen LogP contribution in [0.1, 0.15) is 69.1 Å². The summed E-state index contributed by atoms with van der Waals surface area (Å²) >= 11 is 0. The van der Waals surface area contributed by atoms with Gasteiger partial charge in [0, 0.05) is 25.9 Å². The van der Waals surface area contributed by atoms with Crippen LogP contribution in [0.4, 0.5) is 0 Å². The van der Waals surface area contributed by atoms with Crippen LogP contribution in [0, 0.1) is 6.92 Å². The first-order chi connectivity index (χ1) is 25.9. The summed E-state index contributed by atoms with van der Waals surface area (Å²) in [6.45, 7) is 5.98. The summed E-state index contributed by atoms with van der Waals surface area (Å²) in [4.78, 5) is 75.5. The fraction of sp³-hybridized carbons (Fsp3) is 0.463. The molecular formula is C41H56N8O5. The molecule has 0 saturated carbocycles. The smallest absolute Gasteiger partial charge is 0.246 e. The molecule has 0 unspecified atom stereocenters. The number of rotatable bonds is 14. The van der Waals surface area contributed by atoms with Crippen molar-refractivity contribution in [2.45, 2.75) is 96.3 Å². The molecule has 290 valence electrons. The minimum Gasteiger partial charge on any atom is -0.388 e. The number of nitrogens with zero attached hydrogens (tertiary/aromatic N) is 2. The zero-order chi connectivity index (χ0) is 39.0. The van der Waals surface area contributed by atoms with Gasteiger partial charge in [-0.15, -0.1) is 0 Å². The van der Waals surface area contributed by atoms with Gasteiger partial charge in [0.2, 0.25) is 29.5 Å². The summed E-state index contributed by atoms with van der Waals surface area (Å²) < 4.78 is 0. The summed E-state index contributed by atoms with van der Waals surface area (Å²) in [7, 11) is 0. The summed E-state index contributed by atoms with van der Waals surface area (Å²) in [5.74, 6) is -2.29. The normalized spacial score (nSPS) is 20.8. The van der Waals surface area contributed by atoms with Gasteiger partial charge in [0.1, 0.15) is 24.2 Å². The monoisotopic (exact) mass is 740 g/mol. The minimum atomic E-state index is -1.08. The number of carbonyl (C=O) groups excluding carboxylic acids is 5. The van der Waals surface area contributed by atoms with Crippen molar-refractivity contribution in [2.24, 2.45) is 16.5 Å². The highest BCUT2D eigenvalue weighted by molar-refractivity contribution is 5.97.